The highest BCUT2D eigenvalue weighted by atomic mass is 32.1. The third kappa shape index (κ3) is 4.64. The zero-order valence-electron chi connectivity index (χ0n) is 14.1. The Kier molecular flexibility index (Phi) is 5.56. The summed E-state index contributed by atoms with van der Waals surface area (Å²) in [6, 6.07) is 18.7. The molecule has 0 saturated heterocycles. The first-order valence-corrected chi connectivity index (χ1v) is 8.81. The van der Waals surface area contributed by atoms with E-state index < -0.39 is 0 Å². The third-order valence-electron chi connectivity index (χ3n) is 3.49. The highest BCUT2D eigenvalue weighted by Gasteiger charge is 2.16. The van der Waals surface area contributed by atoms with E-state index in [1.807, 2.05) is 60.7 Å². The highest BCUT2D eigenvalue weighted by Crippen LogP contribution is 2.23. The van der Waals surface area contributed by atoms with Crippen LogP contribution in [-0.2, 0) is 4.79 Å². The number of carbonyl (C=O) groups excluding carboxylic acids is 2. The van der Waals surface area contributed by atoms with E-state index in [9.17, 15) is 9.59 Å². The maximum atomic E-state index is 12.4. The third-order valence-corrected chi connectivity index (χ3v) is 4.56. The molecule has 0 atom stereocenters. The van der Waals surface area contributed by atoms with Crippen LogP contribution in [0.2, 0.25) is 0 Å². The molecule has 0 unspecified atom stereocenters. The van der Waals surface area contributed by atoms with Crippen molar-refractivity contribution >= 4 is 40.0 Å². The molecular formula is C20H17N3O2S. The summed E-state index contributed by atoms with van der Waals surface area (Å²) >= 11 is 1.15. The maximum Gasteiger partial charge on any atom is 0.267 e. The van der Waals surface area contributed by atoms with E-state index in [1.54, 1.807) is 13.0 Å². The molecule has 0 aliphatic rings. The van der Waals surface area contributed by atoms with Crippen LogP contribution in [0.25, 0.3) is 6.08 Å². The fourth-order valence-electron chi connectivity index (χ4n) is 2.25. The van der Waals surface area contributed by atoms with Gasteiger partial charge in [-0.05, 0) is 30.7 Å². The number of para-hydroxylation sites is 1. The Labute approximate surface area is 155 Å². The first-order chi connectivity index (χ1) is 12.6. The summed E-state index contributed by atoms with van der Waals surface area (Å²) in [6.45, 7) is 1.74. The van der Waals surface area contributed by atoms with Gasteiger partial charge in [-0.15, -0.1) is 0 Å². The monoisotopic (exact) mass is 363 g/mol. The second-order valence-electron chi connectivity index (χ2n) is 5.49. The Morgan fingerprint density at radius 1 is 0.962 bits per heavy atom. The fourth-order valence-corrected chi connectivity index (χ4v) is 3.12. The summed E-state index contributed by atoms with van der Waals surface area (Å²) in [5.41, 5.74) is 2.22. The predicted octanol–water partition coefficient (Wildman–Crippen LogP) is 4.36. The summed E-state index contributed by atoms with van der Waals surface area (Å²) in [7, 11) is 0. The van der Waals surface area contributed by atoms with Crippen molar-refractivity contribution in [3.05, 3.63) is 82.9 Å². The molecule has 2 amide bonds. The second-order valence-corrected chi connectivity index (χ2v) is 6.49. The van der Waals surface area contributed by atoms with Crippen molar-refractivity contribution in [3.63, 3.8) is 0 Å². The largest absolute Gasteiger partial charge is 0.321 e. The lowest BCUT2D eigenvalue weighted by molar-refractivity contribution is -0.111. The summed E-state index contributed by atoms with van der Waals surface area (Å²) in [5, 5.41) is 5.90. The number of aryl methyl sites for hydroxylation is 1. The molecule has 0 fully saturated rings. The number of hydrogen-bond donors (Lipinski definition) is 2. The van der Waals surface area contributed by atoms with Crippen molar-refractivity contribution in [1.82, 2.24) is 4.98 Å². The van der Waals surface area contributed by atoms with Gasteiger partial charge in [-0.2, -0.15) is 0 Å². The van der Waals surface area contributed by atoms with Crippen molar-refractivity contribution in [1.29, 1.82) is 0 Å². The number of amides is 2. The first-order valence-electron chi connectivity index (χ1n) is 8.00. The van der Waals surface area contributed by atoms with Crippen LogP contribution in [0.4, 0.5) is 10.8 Å². The quantitative estimate of drug-likeness (QED) is 0.662. The SMILES string of the molecule is Cc1nc(NC(=O)/C=C/c2ccccc2)sc1C(=O)Nc1ccccc1. The average Bonchev–Trinajstić information content (AvgIpc) is 3.02. The van der Waals surface area contributed by atoms with E-state index in [0.29, 0.717) is 21.4 Å². The standard InChI is InChI=1S/C20H17N3O2S/c1-14-18(19(25)22-16-10-6-3-7-11-16)26-20(21-14)23-17(24)13-12-15-8-4-2-5-9-15/h2-13H,1H3,(H,22,25)(H,21,23,24)/b13-12+. The lowest BCUT2D eigenvalue weighted by Gasteiger charge is -2.02. The Morgan fingerprint density at radius 2 is 1.62 bits per heavy atom. The lowest BCUT2D eigenvalue weighted by Crippen LogP contribution is -2.11. The van der Waals surface area contributed by atoms with E-state index in [2.05, 4.69) is 15.6 Å². The van der Waals surface area contributed by atoms with Crippen LogP contribution in [0.15, 0.2) is 66.7 Å². The fraction of sp³-hybridized carbons (Fsp3) is 0.0500. The number of rotatable bonds is 5. The van der Waals surface area contributed by atoms with Crippen LogP contribution in [0.3, 0.4) is 0 Å². The van der Waals surface area contributed by atoms with Crippen molar-refractivity contribution in [2.45, 2.75) is 6.92 Å². The van der Waals surface area contributed by atoms with E-state index >= 15 is 0 Å². The molecule has 3 aromatic rings. The number of hydrogen-bond acceptors (Lipinski definition) is 4. The van der Waals surface area contributed by atoms with Gasteiger partial charge < -0.3 is 5.32 Å². The van der Waals surface area contributed by atoms with Crippen LogP contribution < -0.4 is 10.6 Å². The molecule has 0 saturated carbocycles. The highest BCUT2D eigenvalue weighted by molar-refractivity contribution is 7.17. The summed E-state index contributed by atoms with van der Waals surface area (Å²) in [6.07, 6.45) is 3.16. The Bertz CT molecular complexity index is 934. The average molecular weight is 363 g/mol. The second kappa shape index (κ2) is 8.22. The molecule has 0 aliphatic heterocycles. The molecular weight excluding hydrogens is 346 g/mol. The van der Waals surface area contributed by atoms with E-state index in [4.69, 9.17) is 0 Å². The van der Waals surface area contributed by atoms with E-state index in [-0.39, 0.29) is 11.8 Å². The molecule has 2 aromatic carbocycles. The Hall–Kier alpha value is -3.25. The lowest BCUT2D eigenvalue weighted by atomic mass is 10.2. The molecule has 3 rings (SSSR count). The minimum Gasteiger partial charge on any atom is -0.321 e. The molecule has 0 aliphatic carbocycles. The zero-order chi connectivity index (χ0) is 18.4. The minimum atomic E-state index is -0.294. The number of carbonyl (C=O) groups is 2. The molecule has 0 radical (unpaired) electrons. The first kappa shape index (κ1) is 17.6. The number of anilines is 2. The van der Waals surface area contributed by atoms with Gasteiger partial charge in [0.2, 0.25) is 5.91 Å². The smallest absolute Gasteiger partial charge is 0.267 e. The van der Waals surface area contributed by atoms with Crippen molar-refractivity contribution in [3.8, 4) is 0 Å². The summed E-state index contributed by atoms with van der Waals surface area (Å²) < 4.78 is 0. The van der Waals surface area contributed by atoms with Crippen LogP contribution >= 0.6 is 11.3 Å². The molecule has 26 heavy (non-hydrogen) atoms. The summed E-state index contributed by atoms with van der Waals surface area (Å²) in [5.74, 6) is -0.538. The van der Waals surface area contributed by atoms with Crippen LogP contribution in [0, 0.1) is 6.92 Å². The van der Waals surface area contributed by atoms with Gasteiger partial charge >= 0.3 is 0 Å². The van der Waals surface area contributed by atoms with Crippen molar-refractivity contribution in [2.24, 2.45) is 0 Å². The molecule has 2 N–H and O–H groups in total. The molecule has 1 aromatic heterocycles. The van der Waals surface area contributed by atoms with Crippen molar-refractivity contribution < 1.29 is 9.59 Å². The molecule has 0 spiro atoms. The molecule has 1 heterocycles. The maximum absolute atomic E-state index is 12.4. The van der Waals surface area contributed by atoms with Gasteiger partial charge in [0, 0.05) is 11.8 Å². The topological polar surface area (TPSA) is 71.1 Å². The number of benzene rings is 2. The van der Waals surface area contributed by atoms with E-state index in [1.165, 1.54) is 6.08 Å². The van der Waals surface area contributed by atoms with Gasteiger partial charge in [-0.25, -0.2) is 4.98 Å². The van der Waals surface area contributed by atoms with E-state index in [0.717, 1.165) is 16.9 Å². The molecule has 6 heteroatoms. The molecule has 0 bridgehead atoms. The number of nitrogens with zero attached hydrogens (tertiary/aromatic N) is 1. The Balaban J connectivity index is 1.65. The Morgan fingerprint density at radius 3 is 2.31 bits per heavy atom. The minimum absolute atomic E-state index is 0.244. The molecule has 130 valence electrons. The van der Waals surface area contributed by atoms with Gasteiger partial charge in [-0.3, -0.25) is 14.9 Å². The van der Waals surface area contributed by atoms with Gasteiger partial charge in [0.15, 0.2) is 5.13 Å². The summed E-state index contributed by atoms with van der Waals surface area (Å²) in [4.78, 5) is 29.1. The number of nitrogens with one attached hydrogen (secondary N) is 2. The number of thiazole rings is 1. The van der Waals surface area contributed by atoms with Gasteiger partial charge in [0.25, 0.3) is 5.91 Å². The number of aromatic nitrogens is 1. The van der Waals surface area contributed by atoms with Gasteiger partial charge in [0.1, 0.15) is 4.88 Å². The predicted molar refractivity (Wildman–Crippen MR) is 105 cm³/mol. The van der Waals surface area contributed by atoms with Crippen LogP contribution in [-0.4, -0.2) is 16.8 Å². The van der Waals surface area contributed by atoms with Gasteiger partial charge in [0.05, 0.1) is 5.69 Å². The van der Waals surface area contributed by atoms with Crippen LogP contribution in [0.1, 0.15) is 20.9 Å². The molecule has 5 nitrogen and oxygen atoms in total. The zero-order valence-corrected chi connectivity index (χ0v) is 14.9. The van der Waals surface area contributed by atoms with Crippen LogP contribution in [0.5, 0.6) is 0 Å². The van der Waals surface area contributed by atoms with Gasteiger partial charge in [-0.1, -0.05) is 59.9 Å². The normalized spacial score (nSPS) is 10.7. The van der Waals surface area contributed by atoms with Crippen molar-refractivity contribution in [2.75, 3.05) is 10.6 Å².